The molecule has 0 fully saturated rings. The number of non-ortho nitro benzene ring substituents is 1. The lowest BCUT2D eigenvalue weighted by molar-refractivity contribution is -0.384. The van der Waals surface area contributed by atoms with Crippen LogP contribution in [0.25, 0.3) is 6.08 Å². The summed E-state index contributed by atoms with van der Waals surface area (Å²) in [5.41, 5.74) is 3.98. The molecule has 0 spiro atoms. The maximum atomic E-state index is 12.9. The van der Waals surface area contributed by atoms with Gasteiger partial charge in [0.25, 0.3) is 17.5 Å². The summed E-state index contributed by atoms with van der Waals surface area (Å²) in [6.45, 7) is 0. The minimum atomic E-state index is -0.730. The first-order valence-corrected chi connectivity index (χ1v) is 10.4. The summed E-state index contributed by atoms with van der Waals surface area (Å²) in [6, 6.07) is 19.1. The number of phenols is 1. The second-order valence-electron chi connectivity index (χ2n) is 7.56. The predicted molar refractivity (Wildman–Crippen MR) is 133 cm³/mol. The summed E-state index contributed by atoms with van der Waals surface area (Å²) in [4.78, 5) is 37.8. The SMILES string of the molecule is CN(C)c1ccc(/C=C(\NC(=O)c2ccccc2)C(=O)N/N=C/c2cc([N+](=O)[O-])ccc2O)cc1. The zero-order chi connectivity index (χ0) is 25.4. The number of nitro benzene ring substituents is 1. The molecule has 0 atom stereocenters. The number of amides is 2. The fourth-order valence-electron chi connectivity index (χ4n) is 2.96. The first-order valence-electron chi connectivity index (χ1n) is 10.4. The van der Waals surface area contributed by atoms with E-state index in [4.69, 9.17) is 0 Å². The molecule has 0 heterocycles. The van der Waals surface area contributed by atoms with Gasteiger partial charge in [0, 0.05) is 43.0 Å². The fourth-order valence-corrected chi connectivity index (χ4v) is 2.96. The Morgan fingerprint density at radius 1 is 1.03 bits per heavy atom. The molecule has 3 aromatic carbocycles. The van der Waals surface area contributed by atoms with Crippen LogP contribution in [-0.4, -0.2) is 42.2 Å². The third kappa shape index (κ3) is 6.75. The van der Waals surface area contributed by atoms with Gasteiger partial charge in [-0.25, -0.2) is 5.43 Å². The zero-order valence-electron chi connectivity index (χ0n) is 19.0. The summed E-state index contributed by atoms with van der Waals surface area (Å²) >= 11 is 0. The second-order valence-corrected chi connectivity index (χ2v) is 7.56. The zero-order valence-corrected chi connectivity index (χ0v) is 19.0. The van der Waals surface area contributed by atoms with E-state index in [1.165, 1.54) is 6.08 Å². The number of carbonyl (C=O) groups excluding carboxylic acids is 2. The number of phenolic OH excluding ortho intramolecular Hbond substituents is 1. The molecule has 178 valence electrons. The molecule has 10 nitrogen and oxygen atoms in total. The minimum absolute atomic E-state index is 0.0395. The molecule has 0 saturated carbocycles. The smallest absolute Gasteiger partial charge is 0.287 e. The largest absolute Gasteiger partial charge is 0.507 e. The van der Waals surface area contributed by atoms with Gasteiger partial charge in [0.1, 0.15) is 11.4 Å². The van der Waals surface area contributed by atoms with Crippen molar-refractivity contribution in [2.24, 2.45) is 5.10 Å². The quantitative estimate of drug-likeness (QED) is 0.199. The van der Waals surface area contributed by atoms with Crippen molar-refractivity contribution in [1.29, 1.82) is 0 Å². The average molecular weight is 473 g/mol. The van der Waals surface area contributed by atoms with Crippen molar-refractivity contribution < 1.29 is 19.6 Å². The summed E-state index contributed by atoms with van der Waals surface area (Å²) in [5.74, 6) is -1.47. The fraction of sp³-hybridized carbons (Fsp3) is 0.0800. The Kier molecular flexibility index (Phi) is 7.91. The molecule has 0 bridgehead atoms. The number of carbonyl (C=O) groups is 2. The Bertz CT molecular complexity index is 1290. The highest BCUT2D eigenvalue weighted by molar-refractivity contribution is 6.05. The third-order valence-electron chi connectivity index (χ3n) is 4.84. The lowest BCUT2D eigenvalue weighted by Gasteiger charge is -2.12. The summed E-state index contributed by atoms with van der Waals surface area (Å²) in [7, 11) is 3.81. The predicted octanol–water partition coefficient (Wildman–Crippen LogP) is 3.29. The monoisotopic (exact) mass is 473 g/mol. The molecule has 10 heteroatoms. The van der Waals surface area contributed by atoms with Crippen LogP contribution < -0.4 is 15.6 Å². The number of rotatable bonds is 8. The number of hydrogen-bond donors (Lipinski definition) is 3. The first-order chi connectivity index (χ1) is 16.7. The molecule has 0 aliphatic rings. The van der Waals surface area contributed by atoms with Gasteiger partial charge in [-0.3, -0.25) is 19.7 Å². The Morgan fingerprint density at radius 2 is 1.71 bits per heavy atom. The number of anilines is 1. The molecule has 35 heavy (non-hydrogen) atoms. The van der Waals surface area contributed by atoms with Crippen LogP contribution in [0.3, 0.4) is 0 Å². The number of aromatic hydroxyl groups is 1. The number of nitrogens with one attached hydrogen (secondary N) is 2. The molecule has 0 unspecified atom stereocenters. The van der Waals surface area contributed by atoms with E-state index in [0.29, 0.717) is 11.1 Å². The maximum absolute atomic E-state index is 12.9. The number of nitrogens with zero attached hydrogens (tertiary/aromatic N) is 3. The van der Waals surface area contributed by atoms with E-state index in [-0.39, 0.29) is 22.7 Å². The van der Waals surface area contributed by atoms with E-state index < -0.39 is 16.7 Å². The molecule has 3 rings (SSSR count). The van der Waals surface area contributed by atoms with Crippen molar-refractivity contribution in [3.8, 4) is 5.75 Å². The highest BCUT2D eigenvalue weighted by Gasteiger charge is 2.15. The molecule has 0 radical (unpaired) electrons. The van der Waals surface area contributed by atoms with E-state index in [0.717, 1.165) is 30.1 Å². The van der Waals surface area contributed by atoms with Crippen molar-refractivity contribution in [2.75, 3.05) is 19.0 Å². The van der Waals surface area contributed by atoms with Crippen LogP contribution in [0.5, 0.6) is 5.75 Å². The minimum Gasteiger partial charge on any atom is -0.507 e. The highest BCUT2D eigenvalue weighted by atomic mass is 16.6. The molecule has 0 aliphatic carbocycles. The topological polar surface area (TPSA) is 137 Å². The molecule has 2 amide bonds. The number of nitro groups is 1. The normalized spacial score (nSPS) is 11.2. The van der Waals surface area contributed by atoms with Crippen molar-refractivity contribution in [2.45, 2.75) is 0 Å². The van der Waals surface area contributed by atoms with Crippen molar-refractivity contribution in [1.82, 2.24) is 10.7 Å². The van der Waals surface area contributed by atoms with Gasteiger partial charge < -0.3 is 15.3 Å². The maximum Gasteiger partial charge on any atom is 0.287 e. The van der Waals surface area contributed by atoms with E-state index in [9.17, 15) is 24.8 Å². The lowest BCUT2D eigenvalue weighted by Crippen LogP contribution is -2.32. The Balaban J connectivity index is 1.84. The van der Waals surface area contributed by atoms with Gasteiger partial charge in [-0.1, -0.05) is 30.3 Å². The number of benzene rings is 3. The van der Waals surface area contributed by atoms with Gasteiger partial charge in [0.15, 0.2) is 0 Å². The van der Waals surface area contributed by atoms with Crippen molar-refractivity contribution >= 4 is 35.5 Å². The van der Waals surface area contributed by atoms with Gasteiger partial charge >= 0.3 is 0 Å². The second kappa shape index (κ2) is 11.2. The van der Waals surface area contributed by atoms with E-state index >= 15 is 0 Å². The molecule has 0 saturated heterocycles. The van der Waals surface area contributed by atoms with Crippen LogP contribution in [0, 0.1) is 10.1 Å². The van der Waals surface area contributed by atoms with E-state index in [2.05, 4.69) is 15.8 Å². The molecular formula is C25H23N5O5. The van der Waals surface area contributed by atoms with Crippen LogP contribution in [0.1, 0.15) is 21.5 Å². The van der Waals surface area contributed by atoms with Crippen LogP contribution in [0.15, 0.2) is 83.6 Å². The van der Waals surface area contributed by atoms with Crippen LogP contribution in [0.4, 0.5) is 11.4 Å². The van der Waals surface area contributed by atoms with E-state index in [1.807, 2.05) is 31.1 Å². The molecule has 0 aliphatic heterocycles. The Labute approximate surface area is 201 Å². The number of hydrogen-bond acceptors (Lipinski definition) is 7. The Morgan fingerprint density at radius 3 is 2.34 bits per heavy atom. The van der Waals surface area contributed by atoms with Gasteiger partial charge in [-0.2, -0.15) is 5.10 Å². The lowest BCUT2D eigenvalue weighted by atomic mass is 10.1. The molecular weight excluding hydrogens is 450 g/mol. The van der Waals surface area contributed by atoms with Crippen LogP contribution in [0.2, 0.25) is 0 Å². The summed E-state index contributed by atoms with van der Waals surface area (Å²) < 4.78 is 0. The summed E-state index contributed by atoms with van der Waals surface area (Å²) in [5, 5.41) is 27.2. The third-order valence-corrected chi connectivity index (χ3v) is 4.84. The van der Waals surface area contributed by atoms with E-state index in [1.54, 1.807) is 42.5 Å². The van der Waals surface area contributed by atoms with Gasteiger partial charge in [-0.15, -0.1) is 0 Å². The van der Waals surface area contributed by atoms with Crippen molar-refractivity contribution in [3.63, 3.8) is 0 Å². The van der Waals surface area contributed by atoms with Crippen LogP contribution in [-0.2, 0) is 4.79 Å². The first kappa shape index (κ1) is 24.6. The van der Waals surface area contributed by atoms with Gasteiger partial charge in [-0.05, 0) is 42.0 Å². The molecule has 3 aromatic rings. The molecule has 3 N–H and O–H groups in total. The standard InChI is InChI=1S/C25H23N5O5/c1-29(2)20-10-8-17(9-11-20)14-22(27-24(32)18-6-4-3-5-7-18)25(33)28-26-16-19-15-21(30(34)35)12-13-23(19)31/h3-16,31H,1-2H3,(H,27,32)(H,28,33)/b22-14-,26-16+. The van der Waals surface area contributed by atoms with Crippen LogP contribution >= 0.6 is 0 Å². The summed E-state index contributed by atoms with van der Waals surface area (Å²) in [6.07, 6.45) is 2.57. The van der Waals surface area contributed by atoms with Gasteiger partial charge in [0.05, 0.1) is 11.1 Å². The highest BCUT2D eigenvalue weighted by Crippen LogP contribution is 2.21. The Hall–Kier alpha value is -4.99. The average Bonchev–Trinajstić information content (AvgIpc) is 2.85. The van der Waals surface area contributed by atoms with Gasteiger partial charge in [0.2, 0.25) is 0 Å². The van der Waals surface area contributed by atoms with Crippen molar-refractivity contribution in [3.05, 3.63) is 105 Å². The molecule has 0 aromatic heterocycles. The number of hydrazone groups is 1.